The van der Waals surface area contributed by atoms with Crippen LogP contribution in [-0.2, 0) is 9.53 Å². The summed E-state index contributed by atoms with van der Waals surface area (Å²) in [6.45, 7) is 3.39. The highest BCUT2D eigenvalue weighted by atomic mass is 16.6. The Balaban J connectivity index is 1.56. The van der Waals surface area contributed by atoms with Crippen LogP contribution in [0, 0.1) is 5.41 Å². The highest BCUT2D eigenvalue weighted by molar-refractivity contribution is 5.83. The van der Waals surface area contributed by atoms with Crippen LogP contribution < -0.4 is 20.5 Å². The molecule has 3 atom stereocenters. The Kier molecular flexibility index (Phi) is 3.73. The van der Waals surface area contributed by atoms with E-state index >= 15 is 0 Å². The molecule has 2 aliphatic heterocycles. The van der Waals surface area contributed by atoms with Crippen LogP contribution in [-0.4, -0.2) is 44.4 Å². The van der Waals surface area contributed by atoms with Crippen molar-refractivity contribution >= 4 is 5.91 Å². The molecule has 1 fully saturated rings. The molecule has 0 spiro atoms. The van der Waals surface area contributed by atoms with E-state index in [1.807, 2.05) is 31.2 Å². The van der Waals surface area contributed by atoms with E-state index in [-0.39, 0.29) is 18.1 Å². The van der Waals surface area contributed by atoms with Crippen LogP contribution in [0.5, 0.6) is 11.5 Å². The molecular formula is C15H20N2O4. The van der Waals surface area contributed by atoms with Crippen LogP contribution in [0.4, 0.5) is 0 Å². The minimum absolute atomic E-state index is 0.102. The Morgan fingerprint density at radius 2 is 2.14 bits per heavy atom. The van der Waals surface area contributed by atoms with Gasteiger partial charge in [0.15, 0.2) is 11.5 Å². The normalized spacial score (nSPS) is 31.0. The summed E-state index contributed by atoms with van der Waals surface area (Å²) >= 11 is 0. The number of para-hydroxylation sites is 2. The number of fused-ring (bicyclic) bond motifs is 1. The number of ether oxygens (including phenoxy) is 3. The summed E-state index contributed by atoms with van der Waals surface area (Å²) in [7, 11) is 0. The van der Waals surface area contributed by atoms with Gasteiger partial charge in [0.1, 0.15) is 12.7 Å². The molecule has 1 saturated heterocycles. The summed E-state index contributed by atoms with van der Waals surface area (Å²) in [6.07, 6.45) is -0.203. The average Bonchev–Trinajstić information content (AvgIpc) is 2.85. The highest BCUT2D eigenvalue weighted by Crippen LogP contribution is 2.31. The largest absolute Gasteiger partial charge is 0.486 e. The molecular weight excluding hydrogens is 272 g/mol. The first kappa shape index (κ1) is 14.2. The van der Waals surface area contributed by atoms with Gasteiger partial charge in [-0.1, -0.05) is 12.1 Å². The number of amides is 1. The Hall–Kier alpha value is -1.79. The number of hydrogen-bond acceptors (Lipinski definition) is 5. The van der Waals surface area contributed by atoms with Crippen molar-refractivity contribution in [3.63, 3.8) is 0 Å². The van der Waals surface area contributed by atoms with Crippen molar-refractivity contribution in [1.29, 1.82) is 0 Å². The molecule has 21 heavy (non-hydrogen) atoms. The maximum atomic E-state index is 12.3. The van der Waals surface area contributed by atoms with Crippen molar-refractivity contribution in [2.75, 3.05) is 26.4 Å². The van der Waals surface area contributed by atoms with E-state index in [0.29, 0.717) is 32.1 Å². The number of nitrogens with one attached hydrogen (secondary N) is 1. The van der Waals surface area contributed by atoms with Crippen LogP contribution in [0.2, 0.25) is 0 Å². The monoisotopic (exact) mass is 292 g/mol. The molecule has 6 nitrogen and oxygen atoms in total. The van der Waals surface area contributed by atoms with Gasteiger partial charge < -0.3 is 25.3 Å². The lowest BCUT2D eigenvalue weighted by atomic mass is 9.85. The van der Waals surface area contributed by atoms with Crippen LogP contribution in [0.25, 0.3) is 0 Å². The quantitative estimate of drug-likeness (QED) is 0.837. The van der Waals surface area contributed by atoms with E-state index in [1.54, 1.807) is 0 Å². The van der Waals surface area contributed by atoms with E-state index in [0.717, 1.165) is 5.75 Å². The summed E-state index contributed by atoms with van der Waals surface area (Å²) in [4.78, 5) is 12.3. The maximum Gasteiger partial charge on any atom is 0.230 e. The summed E-state index contributed by atoms with van der Waals surface area (Å²) in [5.41, 5.74) is 5.27. The predicted molar refractivity (Wildman–Crippen MR) is 76.3 cm³/mol. The third kappa shape index (κ3) is 2.69. The second kappa shape index (κ2) is 5.54. The van der Waals surface area contributed by atoms with Gasteiger partial charge in [-0.15, -0.1) is 0 Å². The molecule has 3 N–H and O–H groups in total. The smallest absolute Gasteiger partial charge is 0.230 e. The lowest BCUT2D eigenvalue weighted by molar-refractivity contribution is -0.131. The SMILES string of the molecule is CC1(C(=O)NCC2COc3ccccc3O2)COCC1N. The molecule has 3 rings (SSSR count). The van der Waals surface area contributed by atoms with Gasteiger partial charge in [-0.3, -0.25) is 4.79 Å². The van der Waals surface area contributed by atoms with E-state index in [1.165, 1.54) is 0 Å². The fourth-order valence-electron chi connectivity index (χ4n) is 2.49. The van der Waals surface area contributed by atoms with E-state index in [4.69, 9.17) is 19.9 Å². The molecule has 0 aromatic heterocycles. The third-order valence-corrected chi connectivity index (χ3v) is 4.09. The van der Waals surface area contributed by atoms with Crippen molar-refractivity contribution in [3.05, 3.63) is 24.3 Å². The number of carbonyl (C=O) groups excluding carboxylic acids is 1. The van der Waals surface area contributed by atoms with Gasteiger partial charge in [-0.05, 0) is 19.1 Å². The fourth-order valence-corrected chi connectivity index (χ4v) is 2.49. The van der Waals surface area contributed by atoms with Crippen molar-refractivity contribution < 1.29 is 19.0 Å². The Morgan fingerprint density at radius 1 is 1.38 bits per heavy atom. The van der Waals surface area contributed by atoms with E-state index in [9.17, 15) is 4.79 Å². The molecule has 0 saturated carbocycles. The molecule has 0 bridgehead atoms. The number of carbonyl (C=O) groups is 1. The van der Waals surface area contributed by atoms with Crippen LogP contribution in [0.15, 0.2) is 24.3 Å². The van der Waals surface area contributed by atoms with Crippen LogP contribution in [0.1, 0.15) is 6.92 Å². The van der Waals surface area contributed by atoms with Gasteiger partial charge in [-0.25, -0.2) is 0 Å². The summed E-state index contributed by atoms with van der Waals surface area (Å²) in [5.74, 6) is 1.34. The fraction of sp³-hybridized carbons (Fsp3) is 0.533. The minimum Gasteiger partial charge on any atom is -0.486 e. The zero-order chi connectivity index (χ0) is 14.9. The Labute approximate surface area is 123 Å². The predicted octanol–water partition coefficient (Wildman–Crippen LogP) is 0.306. The molecule has 0 aliphatic carbocycles. The molecule has 0 radical (unpaired) electrons. The maximum absolute atomic E-state index is 12.3. The highest BCUT2D eigenvalue weighted by Gasteiger charge is 2.44. The van der Waals surface area contributed by atoms with E-state index < -0.39 is 5.41 Å². The molecule has 2 heterocycles. The minimum atomic E-state index is -0.673. The first-order chi connectivity index (χ1) is 10.1. The molecule has 114 valence electrons. The van der Waals surface area contributed by atoms with Crippen molar-refractivity contribution in [2.45, 2.75) is 19.1 Å². The molecule has 6 heteroatoms. The summed E-state index contributed by atoms with van der Waals surface area (Å²) < 4.78 is 16.7. The van der Waals surface area contributed by atoms with Gasteiger partial charge in [0, 0.05) is 6.04 Å². The summed E-state index contributed by atoms with van der Waals surface area (Å²) in [6, 6.07) is 7.22. The van der Waals surface area contributed by atoms with Crippen molar-refractivity contribution in [1.82, 2.24) is 5.32 Å². The molecule has 1 amide bonds. The number of hydrogen-bond donors (Lipinski definition) is 2. The molecule has 1 aromatic carbocycles. The zero-order valence-corrected chi connectivity index (χ0v) is 12.0. The number of benzene rings is 1. The lowest BCUT2D eigenvalue weighted by Crippen LogP contribution is -2.52. The summed E-state index contributed by atoms with van der Waals surface area (Å²) in [5, 5.41) is 2.89. The molecule has 1 aromatic rings. The third-order valence-electron chi connectivity index (χ3n) is 4.09. The molecule has 2 aliphatic rings. The topological polar surface area (TPSA) is 82.8 Å². The Bertz CT molecular complexity index is 536. The first-order valence-electron chi connectivity index (χ1n) is 7.10. The number of rotatable bonds is 3. The average molecular weight is 292 g/mol. The Morgan fingerprint density at radius 3 is 2.86 bits per heavy atom. The van der Waals surface area contributed by atoms with Crippen molar-refractivity contribution in [3.8, 4) is 11.5 Å². The van der Waals surface area contributed by atoms with E-state index in [2.05, 4.69) is 5.32 Å². The van der Waals surface area contributed by atoms with Gasteiger partial charge in [0.05, 0.1) is 25.2 Å². The standard InChI is InChI=1S/C15H20N2O4/c1-15(9-19-8-13(15)16)14(18)17-6-10-7-20-11-4-2-3-5-12(11)21-10/h2-5,10,13H,6-9,16H2,1H3,(H,17,18). The van der Waals surface area contributed by atoms with Gasteiger partial charge in [-0.2, -0.15) is 0 Å². The lowest BCUT2D eigenvalue weighted by Gasteiger charge is -2.29. The second-order valence-corrected chi connectivity index (χ2v) is 5.75. The van der Waals surface area contributed by atoms with Crippen molar-refractivity contribution in [2.24, 2.45) is 11.1 Å². The zero-order valence-electron chi connectivity index (χ0n) is 12.0. The second-order valence-electron chi connectivity index (χ2n) is 5.75. The first-order valence-corrected chi connectivity index (χ1v) is 7.10. The number of nitrogens with two attached hydrogens (primary N) is 1. The van der Waals surface area contributed by atoms with Gasteiger partial charge >= 0.3 is 0 Å². The van der Waals surface area contributed by atoms with Gasteiger partial charge in [0.25, 0.3) is 0 Å². The molecule has 3 unspecified atom stereocenters. The van der Waals surface area contributed by atoms with Gasteiger partial charge in [0.2, 0.25) is 5.91 Å². The van der Waals surface area contributed by atoms with Crippen LogP contribution >= 0.6 is 0 Å². The van der Waals surface area contributed by atoms with Crippen LogP contribution in [0.3, 0.4) is 0 Å².